The molecule has 20 heavy (non-hydrogen) atoms. The van der Waals surface area contributed by atoms with Crippen molar-refractivity contribution in [1.29, 1.82) is 0 Å². The van der Waals surface area contributed by atoms with Crippen LogP contribution in [0.15, 0.2) is 24.3 Å². The van der Waals surface area contributed by atoms with E-state index in [1.807, 2.05) is 0 Å². The third-order valence-electron chi connectivity index (χ3n) is 3.57. The Morgan fingerprint density at radius 1 is 1.15 bits per heavy atom. The zero-order chi connectivity index (χ0) is 14.1. The molecule has 1 aromatic rings. The first kappa shape index (κ1) is 12.9. The van der Waals surface area contributed by atoms with E-state index in [0.717, 1.165) is 0 Å². The predicted octanol–water partition coefficient (Wildman–Crippen LogP) is 0.564. The van der Waals surface area contributed by atoms with Gasteiger partial charge in [-0.15, -0.1) is 0 Å². The first-order chi connectivity index (χ1) is 9.65. The SMILES string of the molecule is Nc1ccc(OCCN2C(=O)C3CCC(O3)C2=O)cc1. The molecule has 2 unspecified atom stereocenters. The second-order valence-electron chi connectivity index (χ2n) is 4.94. The molecular weight excluding hydrogens is 260 g/mol. The third-order valence-corrected chi connectivity index (χ3v) is 3.57. The van der Waals surface area contributed by atoms with Gasteiger partial charge in [-0.25, -0.2) is 0 Å². The van der Waals surface area contributed by atoms with Crippen LogP contribution in [0.25, 0.3) is 0 Å². The van der Waals surface area contributed by atoms with Gasteiger partial charge >= 0.3 is 0 Å². The fraction of sp³-hybridized carbons (Fsp3) is 0.429. The summed E-state index contributed by atoms with van der Waals surface area (Å²) < 4.78 is 10.8. The monoisotopic (exact) mass is 276 g/mol. The number of nitrogens with two attached hydrogens (primary N) is 1. The minimum Gasteiger partial charge on any atom is -0.492 e. The van der Waals surface area contributed by atoms with Crippen LogP contribution in [0.2, 0.25) is 0 Å². The van der Waals surface area contributed by atoms with Crippen molar-refractivity contribution in [3.8, 4) is 5.75 Å². The van der Waals surface area contributed by atoms with Crippen molar-refractivity contribution < 1.29 is 19.1 Å². The van der Waals surface area contributed by atoms with Crippen molar-refractivity contribution in [2.45, 2.75) is 25.0 Å². The Morgan fingerprint density at radius 2 is 1.75 bits per heavy atom. The summed E-state index contributed by atoms with van der Waals surface area (Å²) in [5.41, 5.74) is 6.24. The summed E-state index contributed by atoms with van der Waals surface area (Å²) in [7, 11) is 0. The van der Waals surface area contributed by atoms with E-state index >= 15 is 0 Å². The van der Waals surface area contributed by atoms with Crippen LogP contribution < -0.4 is 10.5 Å². The van der Waals surface area contributed by atoms with Crippen LogP contribution in [0, 0.1) is 0 Å². The second-order valence-corrected chi connectivity index (χ2v) is 4.94. The number of rotatable bonds is 4. The lowest BCUT2D eigenvalue weighted by Crippen LogP contribution is -2.52. The van der Waals surface area contributed by atoms with Gasteiger partial charge in [-0.1, -0.05) is 0 Å². The molecule has 2 fully saturated rings. The highest BCUT2D eigenvalue weighted by Gasteiger charge is 2.46. The van der Waals surface area contributed by atoms with Gasteiger partial charge in [-0.05, 0) is 37.1 Å². The molecule has 0 saturated carbocycles. The Kier molecular flexibility index (Phi) is 3.31. The number of hydrogen-bond donors (Lipinski definition) is 1. The van der Waals surface area contributed by atoms with Gasteiger partial charge in [-0.3, -0.25) is 14.5 Å². The molecule has 1 aromatic carbocycles. The second kappa shape index (κ2) is 5.13. The largest absolute Gasteiger partial charge is 0.492 e. The number of hydrogen-bond acceptors (Lipinski definition) is 5. The van der Waals surface area contributed by atoms with Crippen LogP contribution in [0.1, 0.15) is 12.8 Å². The molecule has 2 amide bonds. The average Bonchev–Trinajstić information content (AvgIpc) is 2.90. The van der Waals surface area contributed by atoms with Crippen molar-refractivity contribution in [1.82, 2.24) is 4.90 Å². The van der Waals surface area contributed by atoms with E-state index in [2.05, 4.69) is 0 Å². The Balaban J connectivity index is 1.56. The minimum absolute atomic E-state index is 0.246. The number of likely N-dealkylation sites (tertiary alicyclic amines) is 1. The van der Waals surface area contributed by atoms with E-state index in [1.54, 1.807) is 24.3 Å². The van der Waals surface area contributed by atoms with Gasteiger partial charge in [0.25, 0.3) is 11.8 Å². The van der Waals surface area contributed by atoms with Crippen molar-refractivity contribution in [3.63, 3.8) is 0 Å². The number of fused-ring (bicyclic) bond motifs is 2. The van der Waals surface area contributed by atoms with Crippen LogP contribution in [0.3, 0.4) is 0 Å². The Hall–Kier alpha value is -2.08. The molecule has 2 N–H and O–H groups in total. The minimum atomic E-state index is -0.450. The van der Waals surface area contributed by atoms with Crippen LogP contribution in [0.5, 0.6) is 5.75 Å². The van der Waals surface area contributed by atoms with Gasteiger partial charge < -0.3 is 15.2 Å². The van der Waals surface area contributed by atoms with Gasteiger partial charge in [0, 0.05) is 5.69 Å². The number of imide groups is 1. The van der Waals surface area contributed by atoms with Gasteiger partial charge in [0.1, 0.15) is 24.6 Å². The zero-order valence-electron chi connectivity index (χ0n) is 11.0. The molecule has 2 heterocycles. The molecule has 0 radical (unpaired) electrons. The van der Waals surface area contributed by atoms with Crippen molar-refractivity contribution in [2.75, 3.05) is 18.9 Å². The van der Waals surface area contributed by atoms with Crippen LogP contribution in [-0.2, 0) is 14.3 Å². The number of carbonyl (C=O) groups excluding carboxylic acids is 2. The topological polar surface area (TPSA) is 81.9 Å². The molecule has 2 aliphatic rings. The number of amides is 2. The molecule has 2 atom stereocenters. The average molecular weight is 276 g/mol. The molecule has 2 saturated heterocycles. The normalized spacial score (nSPS) is 25.1. The van der Waals surface area contributed by atoms with Crippen molar-refractivity contribution in [2.24, 2.45) is 0 Å². The predicted molar refractivity (Wildman–Crippen MR) is 71.0 cm³/mol. The standard InChI is InChI=1S/C14H16N2O4/c15-9-1-3-10(4-2-9)19-8-7-16-13(17)11-5-6-12(20-11)14(16)18/h1-4,11-12H,5-8,15H2. The third kappa shape index (κ3) is 2.34. The van der Waals surface area contributed by atoms with E-state index < -0.39 is 12.2 Å². The summed E-state index contributed by atoms with van der Waals surface area (Å²) >= 11 is 0. The maximum Gasteiger partial charge on any atom is 0.258 e. The molecule has 2 aliphatic heterocycles. The number of benzene rings is 1. The molecular formula is C14H16N2O4. The maximum atomic E-state index is 12.0. The molecule has 106 valence electrons. The fourth-order valence-electron chi connectivity index (χ4n) is 2.50. The number of morpholine rings is 1. The summed E-state index contributed by atoms with van der Waals surface area (Å²) in [4.78, 5) is 25.2. The maximum absolute atomic E-state index is 12.0. The van der Waals surface area contributed by atoms with Crippen LogP contribution in [-0.4, -0.2) is 42.1 Å². The highest BCUT2D eigenvalue weighted by Crippen LogP contribution is 2.28. The van der Waals surface area contributed by atoms with E-state index in [4.69, 9.17) is 15.2 Å². The first-order valence-corrected chi connectivity index (χ1v) is 6.64. The molecule has 0 aliphatic carbocycles. The Labute approximate surface area is 116 Å². The summed E-state index contributed by atoms with van der Waals surface area (Å²) in [5.74, 6) is 0.171. The van der Waals surface area contributed by atoms with Crippen molar-refractivity contribution in [3.05, 3.63) is 24.3 Å². The number of nitrogens with zero attached hydrogens (tertiary/aromatic N) is 1. The molecule has 0 spiro atoms. The van der Waals surface area contributed by atoms with Crippen LogP contribution in [0.4, 0.5) is 5.69 Å². The number of nitrogen functional groups attached to an aromatic ring is 1. The van der Waals surface area contributed by atoms with E-state index in [9.17, 15) is 9.59 Å². The molecule has 2 bridgehead atoms. The van der Waals surface area contributed by atoms with E-state index in [-0.39, 0.29) is 25.0 Å². The van der Waals surface area contributed by atoms with Gasteiger partial charge in [0.15, 0.2) is 0 Å². The molecule has 0 aromatic heterocycles. The van der Waals surface area contributed by atoms with Crippen LogP contribution >= 0.6 is 0 Å². The summed E-state index contributed by atoms with van der Waals surface area (Å²) in [5, 5.41) is 0. The van der Waals surface area contributed by atoms with E-state index in [0.29, 0.717) is 24.3 Å². The van der Waals surface area contributed by atoms with Gasteiger partial charge in [0.05, 0.1) is 6.54 Å². The summed E-state index contributed by atoms with van der Waals surface area (Å²) in [6, 6.07) is 6.98. The zero-order valence-corrected chi connectivity index (χ0v) is 11.0. The molecule has 6 nitrogen and oxygen atoms in total. The molecule has 3 rings (SSSR count). The van der Waals surface area contributed by atoms with Gasteiger partial charge in [-0.2, -0.15) is 0 Å². The smallest absolute Gasteiger partial charge is 0.258 e. The first-order valence-electron chi connectivity index (χ1n) is 6.64. The lowest BCUT2D eigenvalue weighted by molar-refractivity contribution is -0.168. The van der Waals surface area contributed by atoms with Gasteiger partial charge in [0.2, 0.25) is 0 Å². The summed E-state index contributed by atoms with van der Waals surface area (Å²) in [6.45, 7) is 0.513. The lowest BCUT2D eigenvalue weighted by Gasteiger charge is -2.29. The summed E-state index contributed by atoms with van der Waals surface area (Å²) in [6.07, 6.45) is 0.359. The highest BCUT2D eigenvalue weighted by molar-refractivity contribution is 6.02. The number of anilines is 1. The molecule has 6 heteroatoms. The van der Waals surface area contributed by atoms with Crippen molar-refractivity contribution >= 4 is 17.5 Å². The number of carbonyl (C=O) groups is 2. The Morgan fingerprint density at radius 3 is 2.35 bits per heavy atom. The quantitative estimate of drug-likeness (QED) is 0.642. The fourth-order valence-corrected chi connectivity index (χ4v) is 2.50. The Bertz CT molecular complexity index is 506. The number of ether oxygens (including phenoxy) is 2. The van der Waals surface area contributed by atoms with E-state index in [1.165, 1.54) is 4.90 Å². The highest BCUT2D eigenvalue weighted by atomic mass is 16.5. The lowest BCUT2D eigenvalue weighted by atomic mass is 10.2.